The van der Waals surface area contributed by atoms with E-state index in [1.165, 1.54) is 16.4 Å². The molecule has 3 aromatic rings. The zero-order valence-corrected chi connectivity index (χ0v) is 29.9. The lowest BCUT2D eigenvalue weighted by Crippen LogP contribution is -2.47. The molecule has 14 heteroatoms. The van der Waals surface area contributed by atoms with E-state index in [0.717, 1.165) is 16.7 Å². The van der Waals surface area contributed by atoms with Gasteiger partial charge >= 0.3 is 0 Å². The van der Waals surface area contributed by atoms with Gasteiger partial charge in [0, 0.05) is 32.2 Å². The maximum absolute atomic E-state index is 14.0. The van der Waals surface area contributed by atoms with E-state index < -0.39 is 42.9 Å². The summed E-state index contributed by atoms with van der Waals surface area (Å²) in [6.07, 6.45) is 1.76. The highest BCUT2D eigenvalue weighted by atomic mass is 32.2. The lowest BCUT2D eigenvalue weighted by atomic mass is 9.88. The van der Waals surface area contributed by atoms with E-state index in [0.29, 0.717) is 76.5 Å². The van der Waals surface area contributed by atoms with Crippen LogP contribution in [0.3, 0.4) is 0 Å². The van der Waals surface area contributed by atoms with Crippen LogP contribution >= 0.6 is 0 Å². The molecule has 12 nitrogen and oxygen atoms in total. The van der Waals surface area contributed by atoms with E-state index in [-0.39, 0.29) is 29.0 Å². The van der Waals surface area contributed by atoms with Crippen molar-refractivity contribution in [3.8, 4) is 22.6 Å². The Labute approximate surface area is 294 Å². The van der Waals surface area contributed by atoms with Crippen molar-refractivity contribution in [2.45, 2.75) is 77.9 Å². The van der Waals surface area contributed by atoms with Crippen molar-refractivity contribution >= 4 is 19.9 Å². The second-order valence-electron chi connectivity index (χ2n) is 13.5. The molecular weight excluding hydrogens is 683 g/mol. The number of nitrogens with zero attached hydrogens (tertiary/aromatic N) is 1. The predicted molar refractivity (Wildman–Crippen MR) is 188 cm³/mol. The van der Waals surface area contributed by atoms with Crippen LogP contribution in [0.5, 0.6) is 11.5 Å². The molecule has 50 heavy (non-hydrogen) atoms. The Morgan fingerprint density at radius 2 is 1.70 bits per heavy atom. The van der Waals surface area contributed by atoms with Gasteiger partial charge in [-0.2, -0.15) is 4.31 Å². The molecule has 2 saturated heterocycles. The minimum Gasteiger partial charge on any atom is -0.492 e. The van der Waals surface area contributed by atoms with Crippen molar-refractivity contribution in [2.75, 3.05) is 46.1 Å². The predicted octanol–water partition coefficient (Wildman–Crippen LogP) is 2.85. The zero-order chi connectivity index (χ0) is 35.6. The summed E-state index contributed by atoms with van der Waals surface area (Å²) in [4.78, 5) is 0.239. The molecule has 2 aliphatic heterocycles. The summed E-state index contributed by atoms with van der Waals surface area (Å²) in [5.41, 5.74) is 7.94. The fourth-order valence-electron chi connectivity index (χ4n) is 6.78. The fourth-order valence-corrected chi connectivity index (χ4v) is 10.2. The third-order valence-corrected chi connectivity index (χ3v) is 14.6. The van der Waals surface area contributed by atoms with E-state index >= 15 is 0 Å². The van der Waals surface area contributed by atoms with Gasteiger partial charge in [0.15, 0.2) is 9.84 Å². The highest BCUT2D eigenvalue weighted by molar-refractivity contribution is 7.93. The van der Waals surface area contributed by atoms with Gasteiger partial charge in [0.25, 0.3) is 0 Å². The summed E-state index contributed by atoms with van der Waals surface area (Å²) in [5, 5.41) is 23.6. The molecule has 1 aliphatic carbocycles. The minimum absolute atomic E-state index is 0.0265. The van der Waals surface area contributed by atoms with Crippen LogP contribution < -0.4 is 20.5 Å². The Balaban J connectivity index is 1.01. The zero-order valence-electron chi connectivity index (χ0n) is 28.3. The number of sulfone groups is 1. The second kappa shape index (κ2) is 14.9. The minimum atomic E-state index is -3.86. The number of aliphatic hydroxyl groups is 2. The van der Waals surface area contributed by atoms with Crippen molar-refractivity contribution < 1.29 is 41.3 Å². The quantitative estimate of drug-likeness (QED) is 0.181. The van der Waals surface area contributed by atoms with E-state index in [1.807, 2.05) is 37.3 Å². The van der Waals surface area contributed by atoms with Crippen molar-refractivity contribution in [2.24, 2.45) is 5.73 Å². The number of benzene rings is 3. The van der Waals surface area contributed by atoms with Crippen LogP contribution in [-0.2, 0) is 31.1 Å². The van der Waals surface area contributed by atoms with Crippen LogP contribution in [0.15, 0.2) is 76.5 Å². The van der Waals surface area contributed by atoms with Crippen molar-refractivity contribution in [1.29, 1.82) is 0 Å². The van der Waals surface area contributed by atoms with Gasteiger partial charge in [-0.25, -0.2) is 16.8 Å². The number of aliphatic hydroxyl groups excluding tert-OH is 2. The number of piperidine rings is 1. The molecule has 5 N–H and O–H groups in total. The molecule has 1 spiro atoms. The van der Waals surface area contributed by atoms with Crippen molar-refractivity contribution in [3.05, 3.63) is 72.3 Å². The van der Waals surface area contributed by atoms with Crippen LogP contribution in [0.2, 0.25) is 0 Å². The average Bonchev–Trinajstić information content (AvgIpc) is 3.86. The molecule has 0 amide bonds. The van der Waals surface area contributed by atoms with Gasteiger partial charge in [-0.1, -0.05) is 36.4 Å². The first-order valence-electron chi connectivity index (χ1n) is 17.1. The van der Waals surface area contributed by atoms with Crippen LogP contribution in [0.1, 0.15) is 44.6 Å². The number of hydrogen-bond acceptors (Lipinski definition) is 11. The molecule has 2 heterocycles. The van der Waals surface area contributed by atoms with Gasteiger partial charge in [-0.15, -0.1) is 0 Å². The summed E-state index contributed by atoms with van der Waals surface area (Å²) in [6.45, 7) is 3.42. The maximum Gasteiger partial charge on any atom is 0.246 e. The number of nitrogens with two attached hydrogens (primary N) is 1. The van der Waals surface area contributed by atoms with Crippen LogP contribution in [0.25, 0.3) is 11.1 Å². The molecule has 1 saturated carbocycles. The monoisotopic (exact) mass is 729 g/mol. The number of ether oxygens (including phenoxy) is 3. The van der Waals surface area contributed by atoms with Gasteiger partial charge < -0.3 is 35.5 Å². The molecule has 2 atom stereocenters. The summed E-state index contributed by atoms with van der Waals surface area (Å²) in [6, 6.07) is 19.1. The van der Waals surface area contributed by atoms with E-state index in [2.05, 4.69) is 5.32 Å². The third kappa shape index (κ3) is 7.58. The number of sulfonamides is 1. The second-order valence-corrected chi connectivity index (χ2v) is 17.7. The van der Waals surface area contributed by atoms with Crippen molar-refractivity contribution in [1.82, 2.24) is 9.62 Å². The lowest BCUT2D eigenvalue weighted by molar-refractivity contribution is -0.0312. The molecule has 272 valence electrons. The number of hydrogen-bond donors (Lipinski definition) is 4. The Hall–Kier alpha value is -3.08. The Bertz CT molecular complexity index is 1860. The number of rotatable bonds is 15. The van der Waals surface area contributed by atoms with Crippen LogP contribution in [0, 0.1) is 0 Å². The first-order valence-corrected chi connectivity index (χ1v) is 20.1. The molecule has 3 aliphatic rings. The van der Waals surface area contributed by atoms with Crippen LogP contribution in [-0.4, -0.2) is 99.9 Å². The van der Waals surface area contributed by atoms with Gasteiger partial charge in [-0.05, 0) is 86.1 Å². The normalized spacial score (nSPS) is 20.8. The van der Waals surface area contributed by atoms with E-state index in [9.17, 15) is 27.0 Å². The fraction of sp³-hybridized carbons (Fsp3) is 0.500. The lowest BCUT2D eigenvalue weighted by Gasteiger charge is -2.38. The number of nitrogens with one attached hydrogen (secondary N) is 1. The van der Waals surface area contributed by atoms with Crippen molar-refractivity contribution in [3.63, 3.8) is 0 Å². The van der Waals surface area contributed by atoms with Gasteiger partial charge in [0.1, 0.15) is 29.1 Å². The Morgan fingerprint density at radius 1 is 0.980 bits per heavy atom. The Kier molecular flexibility index (Phi) is 10.9. The van der Waals surface area contributed by atoms with Gasteiger partial charge in [-0.3, -0.25) is 0 Å². The molecule has 6 rings (SSSR count). The smallest absolute Gasteiger partial charge is 0.246 e. The van der Waals surface area contributed by atoms with Gasteiger partial charge in [0.05, 0.1) is 35.1 Å². The third-order valence-electron chi connectivity index (χ3n) is 10.1. The first-order chi connectivity index (χ1) is 23.9. The summed E-state index contributed by atoms with van der Waals surface area (Å²) >= 11 is 0. The van der Waals surface area contributed by atoms with Gasteiger partial charge in [0.2, 0.25) is 10.0 Å². The summed E-state index contributed by atoms with van der Waals surface area (Å²) < 4.78 is 72.0. The van der Waals surface area contributed by atoms with Crippen LogP contribution in [0.4, 0.5) is 0 Å². The molecule has 3 aromatic carbocycles. The first kappa shape index (κ1) is 36.7. The summed E-state index contributed by atoms with van der Waals surface area (Å²) in [5.74, 6) is 0.648. The standard InChI is InChI=1S/C36H47N3O9S2/c1-2-46-33-11-10-28(27-8-6-26(21-37)7-9-27)18-34(33)50(44,45)39-16-14-35(15-17-39)20-29(23-48-35)38-22-30(41)24-47-31-4-3-5-32(19-31)49(42,43)36(25-40)12-13-36/h3-11,18-19,29-30,38,40-41H,2,12-17,20-25,37H2,1H3. The molecular formula is C36H47N3O9S2. The highest BCUT2D eigenvalue weighted by Crippen LogP contribution is 2.46. The Morgan fingerprint density at radius 3 is 2.36 bits per heavy atom. The highest BCUT2D eigenvalue weighted by Gasteiger charge is 2.54. The summed E-state index contributed by atoms with van der Waals surface area (Å²) in [7, 11) is -7.54. The maximum atomic E-state index is 14.0. The molecule has 2 unspecified atom stereocenters. The van der Waals surface area contributed by atoms with E-state index in [4.69, 9.17) is 19.9 Å². The molecule has 0 aromatic heterocycles. The average molecular weight is 730 g/mol. The molecule has 3 fully saturated rings. The largest absolute Gasteiger partial charge is 0.492 e. The molecule has 0 radical (unpaired) electrons. The topological polar surface area (TPSA) is 178 Å². The SMILES string of the molecule is CCOc1ccc(-c2ccc(CN)cc2)cc1S(=O)(=O)N1CCC2(CC1)CC(NCC(O)COc1cccc(S(=O)(=O)C3(CO)CC3)c1)CO2. The molecule has 0 bridgehead atoms. The van der Waals surface area contributed by atoms with E-state index in [1.54, 1.807) is 24.3 Å².